The van der Waals surface area contributed by atoms with Crippen LogP contribution in [0.3, 0.4) is 0 Å². The molecule has 0 amide bonds. The molecule has 0 bridgehead atoms. The zero-order chi connectivity index (χ0) is 17.9. The highest BCUT2D eigenvalue weighted by Crippen LogP contribution is 2.33. The van der Waals surface area contributed by atoms with Gasteiger partial charge in [-0.15, -0.1) is 0 Å². The van der Waals surface area contributed by atoms with E-state index in [1.807, 2.05) is 12.5 Å². The van der Waals surface area contributed by atoms with Crippen molar-refractivity contribution in [2.24, 2.45) is 11.8 Å². The number of aromatic nitrogens is 2. The molecule has 0 radical (unpaired) electrons. The summed E-state index contributed by atoms with van der Waals surface area (Å²) in [6, 6.07) is 11.5. The molecule has 138 valence electrons. The normalized spacial score (nSPS) is 13.9. The molecule has 0 aliphatic carbocycles. The highest BCUT2D eigenvalue weighted by molar-refractivity contribution is 5.15. The Morgan fingerprint density at radius 2 is 1.68 bits per heavy atom. The Balaban J connectivity index is 2.01. The molecule has 1 aromatic heterocycles. The Morgan fingerprint density at radius 3 is 2.32 bits per heavy atom. The number of rotatable bonds is 12. The fourth-order valence-corrected chi connectivity index (χ4v) is 3.89. The molecule has 0 fully saturated rings. The van der Waals surface area contributed by atoms with Crippen LogP contribution in [0, 0.1) is 11.8 Å². The second-order valence-electron chi connectivity index (χ2n) is 7.73. The Kier molecular flexibility index (Phi) is 8.79. The number of nitrogens with zero attached hydrogens (tertiary/aromatic N) is 2. The topological polar surface area (TPSA) is 17.8 Å². The van der Waals surface area contributed by atoms with E-state index in [4.69, 9.17) is 0 Å². The number of imidazole rings is 1. The van der Waals surface area contributed by atoms with Crippen LogP contribution in [-0.2, 0) is 6.42 Å². The summed E-state index contributed by atoms with van der Waals surface area (Å²) >= 11 is 0. The van der Waals surface area contributed by atoms with Crippen LogP contribution in [0.25, 0.3) is 0 Å². The summed E-state index contributed by atoms with van der Waals surface area (Å²) in [5.41, 5.74) is 1.45. The molecule has 0 spiro atoms. The first-order valence-corrected chi connectivity index (χ1v) is 10.2. The van der Waals surface area contributed by atoms with Crippen molar-refractivity contribution in [1.29, 1.82) is 0 Å². The van der Waals surface area contributed by atoms with Gasteiger partial charge in [-0.05, 0) is 30.2 Å². The summed E-state index contributed by atoms with van der Waals surface area (Å²) in [5, 5.41) is 0. The third-order valence-electron chi connectivity index (χ3n) is 5.43. The third-order valence-corrected chi connectivity index (χ3v) is 5.43. The molecule has 0 saturated heterocycles. The van der Waals surface area contributed by atoms with E-state index in [0.29, 0.717) is 17.9 Å². The first-order chi connectivity index (χ1) is 12.2. The molecular weight excluding hydrogens is 304 g/mol. The average Bonchev–Trinajstić information content (AvgIpc) is 3.15. The van der Waals surface area contributed by atoms with Crippen LogP contribution in [0.15, 0.2) is 49.1 Å². The quantitative estimate of drug-likeness (QED) is 0.394. The maximum absolute atomic E-state index is 4.32. The zero-order valence-corrected chi connectivity index (χ0v) is 16.4. The smallest absolute Gasteiger partial charge is 0.0948 e. The number of unbranched alkanes of at least 4 members (excludes halogenated alkanes) is 5. The van der Waals surface area contributed by atoms with Crippen molar-refractivity contribution >= 4 is 0 Å². The van der Waals surface area contributed by atoms with Gasteiger partial charge in [0, 0.05) is 18.4 Å². The first kappa shape index (κ1) is 19.8. The van der Waals surface area contributed by atoms with Gasteiger partial charge in [0.15, 0.2) is 0 Å². The van der Waals surface area contributed by atoms with E-state index in [1.54, 1.807) is 0 Å². The lowest BCUT2D eigenvalue weighted by atomic mass is 9.81. The first-order valence-electron chi connectivity index (χ1n) is 10.2. The van der Waals surface area contributed by atoms with Crippen molar-refractivity contribution in [2.45, 2.75) is 78.2 Å². The summed E-state index contributed by atoms with van der Waals surface area (Å²) in [7, 11) is 0. The monoisotopic (exact) mass is 340 g/mol. The van der Waals surface area contributed by atoms with E-state index in [1.165, 1.54) is 50.5 Å². The van der Waals surface area contributed by atoms with Gasteiger partial charge in [-0.3, -0.25) is 0 Å². The summed E-state index contributed by atoms with van der Waals surface area (Å²) < 4.78 is 2.36. The molecule has 2 atom stereocenters. The van der Waals surface area contributed by atoms with Crippen molar-refractivity contribution in [2.75, 3.05) is 0 Å². The maximum Gasteiger partial charge on any atom is 0.0948 e. The second kappa shape index (κ2) is 11.1. The van der Waals surface area contributed by atoms with E-state index < -0.39 is 0 Å². The zero-order valence-electron chi connectivity index (χ0n) is 16.4. The van der Waals surface area contributed by atoms with Gasteiger partial charge in [0.1, 0.15) is 0 Å². The van der Waals surface area contributed by atoms with E-state index in [2.05, 4.69) is 66.9 Å². The lowest BCUT2D eigenvalue weighted by Gasteiger charge is -2.31. The lowest BCUT2D eigenvalue weighted by molar-refractivity contribution is 0.233. The van der Waals surface area contributed by atoms with Gasteiger partial charge < -0.3 is 4.57 Å². The Morgan fingerprint density at radius 1 is 0.960 bits per heavy atom. The predicted molar refractivity (Wildman–Crippen MR) is 108 cm³/mol. The molecule has 2 aromatic rings. The standard InChI is InChI=1S/C23H36N2/c1-4-5-6-7-8-12-15-23(25-17-16-24-19-25)22(20(2)3)18-21-13-10-9-11-14-21/h9-11,13-14,16-17,19-20,22-23H,4-8,12,15,18H2,1-3H3. The minimum Gasteiger partial charge on any atom is -0.334 e. The van der Waals surface area contributed by atoms with Crippen LogP contribution < -0.4 is 0 Å². The third kappa shape index (κ3) is 6.68. The average molecular weight is 341 g/mol. The molecule has 0 aliphatic rings. The van der Waals surface area contributed by atoms with Crippen molar-refractivity contribution in [3.8, 4) is 0 Å². The highest BCUT2D eigenvalue weighted by atomic mass is 15.1. The van der Waals surface area contributed by atoms with Gasteiger partial charge >= 0.3 is 0 Å². The van der Waals surface area contributed by atoms with Crippen molar-refractivity contribution in [3.05, 3.63) is 54.6 Å². The molecule has 0 aliphatic heterocycles. The van der Waals surface area contributed by atoms with E-state index in [-0.39, 0.29) is 0 Å². The number of hydrogen-bond acceptors (Lipinski definition) is 1. The van der Waals surface area contributed by atoms with Crippen LogP contribution in [0.1, 0.15) is 77.3 Å². The molecule has 0 N–H and O–H groups in total. The van der Waals surface area contributed by atoms with Crippen molar-refractivity contribution in [3.63, 3.8) is 0 Å². The summed E-state index contributed by atoms with van der Waals surface area (Å²) in [4.78, 5) is 4.32. The maximum atomic E-state index is 4.32. The second-order valence-corrected chi connectivity index (χ2v) is 7.73. The molecule has 1 heterocycles. The predicted octanol–water partition coefficient (Wildman–Crippen LogP) is 6.69. The molecule has 2 heteroatoms. The minimum absolute atomic E-state index is 0.550. The van der Waals surface area contributed by atoms with Gasteiger partial charge in [-0.25, -0.2) is 4.98 Å². The van der Waals surface area contributed by atoms with Gasteiger partial charge in [0.05, 0.1) is 6.33 Å². The SMILES string of the molecule is CCCCCCCCC(C(Cc1ccccc1)C(C)C)n1ccnc1. The molecule has 0 saturated carbocycles. The molecule has 1 aromatic carbocycles. The van der Waals surface area contributed by atoms with Crippen LogP contribution in [0.4, 0.5) is 0 Å². The largest absolute Gasteiger partial charge is 0.334 e. The van der Waals surface area contributed by atoms with Gasteiger partial charge in [-0.1, -0.05) is 89.6 Å². The Hall–Kier alpha value is -1.57. The lowest BCUT2D eigenvalue weighted by Crippen LogP contribution is -2.25. The molecular formula is C23H36N2. The van der Waals surface area contributed by atoms with Crippen LogP contribution in [-0.4, -0.2) is 9.55 Å². The number of benzene rings is 1. The highest BCUT2D eigenvalue weighted by Gasteiger charge is 2.25. The van der Waals surface area contributed by atoms with Gasteiger partial charge in [0.25, 0.3) is 0 Å². The molecule has 2 rings (SSSR count). The summed E-state index contributed by atoms with van der Waals surface area (Å²) in [5.74, 6) is 1.31. The molecule has 2 unspecified atom stereocenters. The van der Waals surface area contributed by atoms with Crippen LogP contribution in [0.5, 0.6) is 0 Å². The van der Waals surface area contributed by atoms with E-state index >= 15 is 0 Å². The summed E-state index contributed by atoms with van der Waals surface area (Å²) in [6.07, 6.45) is 16.7. The Bertz CT molecular complexity index is 545. The fourth-order valence-electron chi connectivity index (χ4n) is 3.89. The van der Waals surface area contributed by atoms with Gasteiger partial charge in [-0.2, -0.15) is 0 Å². The van der Waals surface area contributed by atoms with E-state index in [9.17, 15) is 0 Å². The molecule has 25 heavy (non-hydrogen) atoms. The minimum atomic E-state index is 0.550. The van der Waals surface area contributed by atoms with Crippen LogP contribution in [0.2, 0.25) is 0 Å². The summed E-state index contributed by atoms with van der Waals surface area (Å²) in [6.45, 7) is 7.03. The fraction of sp³-hybridized carbons (Fsp3) is 0.609. The molecule has 2 nitrogen and oxygen atoms in total. The van der Waals surface area contributed by atoms with Gasteiger partial charge in [0.2, 0.25) is 0 Å². The van der Waals surface area contributed by atoms with E-state index in [0.717, 1.165) is 6.42 Å². The van der Waals surface area contributed by atoms with Crippen molar-refractivity contribution in [1.82, 2.24) is 9.55 Å². The van der Waals surface area contributed by atoms with Crippen LogP contribution >= 0.6 is 0 Å². The Labute approximate surface area is 154 Å². The van der Waals surface area contributed by atoms with Crippen molar-refractivity contribution < 1.29 is 0 Å². The number of hydrogen-bond donors (Lipinski definition) is 0.